The zero-order valence-electron chi connectivity index (χ0n) is 37.3. The van der Waals surface area contributed by atoms with E-state index in [-0.39, 0.29) is 64.7 Å². The van der Waals surface area contributed by atoms with Crippen LogP contribution in [0, 0.1) is 0 Å². The number of hydrogen-bond acceptors (Lipinski definition) is 18. The molecule has 2 aliphatic heterocycles. The van der Waals surface area contributed by atoms with Gasteiger partial charge in [-0.15, -0.1) is 0 Å². The van der Waals surface area contributed by atoms with Crippen molar-refractivity contribution in [3.05, 3.63) is 35.9 Å². The molecular weight excluding hydrogens is 876 g/mol. The number of hydrogen-bond donors (Lipinski definition) is 12. The topological polar surface area (TPSA) is 354 Å². The summed E-state index contributed by atoms with van der Waals surface area (Å²) in [5.41, 5.74) is 0.760. The number of amides is 5. The maximum Gasteiger partial charge on any atom is 0.408 e. The van der Waals surface area contributed by atoms with Gasteiger partial charge < -0.3 is 86.0 Å². The molecular formula is C42H68N6O18. The van der Waals surface area contributed by atoms with Crippen LogP contribution in [0.2, 0.25) is 0 Å². The van der Waals surface area contributed by atoms with Crippen molar-refractivity contribution in [3.8, 4) is 0 Å². The molecule has 3 rings (SSSR count). The fourth-order valence-corrected chi connectivity index (χ4v) is 6.75. The van der Waals surface area contributed by atoms with Crippen molar-refractivity contribution in [3.63, 3.8) is 0 Å². The van der Waals surface area contributed by atoms with E-state index in [1.807, 2.05) is 6.07 Å². The first-order valence-electron chi connectivity index (χ1n) is 22.1. The van der Waals surface area contributed by atoms with Crippen LogP contribution in [0.15, 0.2) is 30.3 Å². The standard InChI is InChI=1S/C42H68N6O18/c1-25-33(53)35(55)37(57)40(65-25)62-19-17-45-31(51)22-48(23-32(52)46-18-20-63-41-38(58)36(56)34(54)26(2)66-41)21-30(50)44-15-9-4-7-14-29(49)43-16-10-8-13-28(39(59)60)47-42(61)64-24-27-11-5-3-6-12-27/h3,5-6,11-12,25-26,28,33-38,40-41,53-58H,4,7-10,13-24H2,1-2H3,(H,43,49)(H,44,50)(H,45,51)(H,46,52)(H,47,61)(H,59,60)/t25-,26-,28-,33+,34+,35+,36+,37-,38-,40+,41+/m0/s1. The SMILES string of the molecule is C[C@@H]1O[C@@H](OCCNC(=O)CN(CC(=O)NCCCCCC(=O)NCCCC[C@H](NC(=O)OCc2ccccc2)C(=O)O)CC(=O)NCCO[C@@H]2O[C@@H](C)[C@@H](O)[C@@H](O)[C@@H]2O)[C@@H](O)[C@H](O)[C@@H]1O. The zero-order chi connectivity index (χ0) is 48.6. The van der Waals surface area contributed by atoms with Gasteiger partial charge in [0.25, 0.3) is 0 Å². The summed E-state index contributed by atoms with van der Waals surface area (Å²) >= 11 is 0. The first-order valence-corrected chi connectivity index (χ1v) is 22.1. The molecule has 1 aromatic carbocycles. The first-order chi connectivity index (χ1) is 31.5. The Kier molecular flexibility index (Phi) is 25.3. The molecule has 24 heteroatoms. The Hall–Kier alpha value is -4.60. The van der Waals surface area contributed by atoms with Crippen molar-refractivity contribution < 1.29 is 88.2 Å². The van der Waals surface area contributed by atoms with Crippen LogP contribution in [0.25, 0.3) is 0 Å². The number of benzene rings is 1. The monoisotopic (exact) mass is 944 g/mol. The minimum absolute atomic E-state index is 0.00246. The Morgan fingerprint density at radius 3 is 1.58 bits per heavy atom. The van der Waals surface area contributed by atoms with Crippen LogP contribution in [0.3, 0.4) is 0 Å². The molecule has 0 spiro atoms. The lowest BCUT2D eigenvalue weighted by molar-refractivity contribution is -0.292. The molecule has 0 aliphatic carbocycles. The predicted octanol–water partition coefficient (Wildman–Crippen LogP) is -3.45. The van der Waals surface area contributed by atoms with Crippen molar-refractivity contribution in [2.75, 3.05) is 59.0 Å². The van der Waals surface area contributed by atoms with Crippen LogP contribution >= 0.6 is 0 Å². The van der Waals surface area contributed by atoms with E-state index < -0.39 is 110 Å². The number of carbonyl (C=O) groups is 6. The third kappa shape index (κ3) is 20.5. The van der Waals surface area contributed by atoms with Gasteiger partial charge >= 0.3 is 12.1 Å². The number of aliphatic carboxylic acids is 1. The van der Waals surface area contributed by atoms with Gasteiger partial charge in [0.05, 0.1) is 45.1 Å². The Morgan fingerprint density at radius 1 is 0.606 bits per heavy atom. The number of carbonyl (C=O) groups excluding carboxylic acids is 5. The minimum Gasteiger partial charge on any atom is -0.480 e. The molecule has 0 bridgehead atoms. The molecule has 24 nitrogen and oxygen atoms in total. The van der Waals surface area contributed by atoms with Gasteiger partial charge in [-0.1, -0.05) is 36.8 Å². The Labute approximate surface area is 382 Å². The number of nitrogens with zero attached hydrogens (tertiary/aromatic N) is 1. The molecule has 0 radical (unpaired) electrons. The number of carboxylic acid groups (broad SMARTS) is 1. The number of aliphatic hydroxyl groups excluding tert-OH is 6. The van der Waals surface area contributed by atoms with E-state index in [9.17, 15) is 64.5 Å². The normalized spacial score (nSPS) is 25.6. The van der Waals surface area contributed by atoms with E-state index in [4.69, 9.17) is 23.7 Å². The molecule has 0 unspecified atom stereocenters. The molecule has 2 aliphatic rings. The summed E-state index contributed by atoms with van der Waals surface area (Å²) in [7, 11) is 0. The second kappa shape index (κ2) is 29.9. The lowest BCUT2D eigenvalue weighted by Crippen LogP contribution is -2.57. The lowest BCUT2D eigenvalue weighted by atomic mass is 10.0. The van der Waals surface area contributed by atoms with E-state index in [0.29, 0.717) is 38.6 Å². The Balaban J connectivity index is 1.34. The molecule has 2 fully saturated rings. The molecule has 11 atom stereocenters. The van der Waals surface area contributed by atoms with E-state index in [1.165, 1.54) is 18.7 Å². The third-order valence-corrected chi connectivity index (χ3v) is 10.6. The van der Waals surface area contributed by atoms with Crippen LogP contribution in [0.1, 0.15) is 64.4 Å². The summed E-state index contributed by atoms with van der Waals surface area (Å²) in [5, 5.41) is 82.5. The third-order valence-electron chi connectivity index (χ3n) is 10.6. The number of alkyl carbamates (subject to hydrolysis) is 1. The van der Waals surface area contributed by atoms with Crippen LogP contribution in [-0.2, 0) is 54.3 Å². The highest BCUT2D eigenvalue weighted by Crippen LogP contribution is 2.22. The van der Waals surface area contributed by atoms with Gasteiger partial charge in [-0.3, -0.25) is 24.1 Å². The maximum absolute atomic E-state index is 12.9. The molecule has 2 saturated heterocycles. The number of unbranched alkanes of at least 4 members (excludes halogenated alkanes) is 3. The summed E-state index contributed by atoms with van der Waals surface area (Å²) in [6, 6.07) is 7.81. The average molecular weight is 945 g/mol. The van der Waals surface area contributed by atoms with E-state index >= 15 is 0 Å². The fourth-order valence-electron chi connectivity index (χ4n) is 6.75. The summed E-state index contributed by atoms with van der Waals surface area (Å²) < 4.78 is 26.7. The molecule has 66 heavy (non-hydrogen) atoms. The van der Waals surface area contributed by atoms with Gasteiger partial charge in [0.2, 0.25) is 23.6 Å². The number of nitrogens with one attached hydrogen (secondary N) is 5. The van der Waals surface area contributed by atoms with Gasteiger partial charge in [0, 0.05) is 32.6 Å². The predicted molar refractivity (Wildman–Crippen MR) is 229 cm³/mol. The Morgan fingerprint density at radius 2 is 1.08 bits per heavy atom. The summed E-state index contributed by atoms with van der Waals surface area (Å²) in [6.07, 6.45) is -10.7. The molecule has 374 valence electrons. The quantitative estimate of drug-likeness (QED) is 0.0348. The van der Waals surface area contributed by atoms with Crippen LogP contribution in [0.5, 0.6) is 0 Å². The molecule has 0 aromatic heterocycles. The van der Waals surface area contributed by atoms with Gasteiger partial charge in [-0.05, 0) is 51.5 Å². The molecule has 1 aromatic rings. The highest BCUT2D eigenvalue weighted by atomic mass is 16.7. The van der Waals surface area contributed by atoms with Crippen LogP contribution in [0.4, 0.5) is 4.79 Å². The summed E-state index contributed by atoms with van der Waals surface area (Å²) in [6.45, 7) is 1.99. The summed E-state index contributed by atoms with van der Waals surface area (Å²) in [5.74, 6) is -3.03. The number of aliphatic hydroxyl groups is 6. The number of rotatable bonds is 29. The number of ether oxygens (including phenoxy) is 5. The van der Waals surface area contributed by atoms with Gasteiger partial charge in [0.15, 0.2) is 12.6 Å². The van der Waals surface area contributed by atoms with Crippen LogP contribution in [-0.4, -0.2) is 203 Å². The molecule has 2 heterocycles. The molecule has 5 amide bonds. The van der Waals surface area contributed by atoms with Crippen molar-refractivity contribution in [1.29, 1.82) is 0 Å². The smallest absolute Gasteiger partial charge is 0.408 e. The number of carboxylic acids is 1. The van der Waals surface area contributed by atoms with Gasteiger partial charge in [-0.25, -0.2) is 9.59 Å². The first kappa shape index (κ1) is 55.7. The van der Waals surface area contributed by atoms with Crippen molar-refractivity contribution in [1.82, 2.24) is 31.5 Å². The van der Waals surface area contributed by atoms with Gasteiger partial charge in [0.1, 0.15) is 49.3 Å². The maximum atomic E-state index is 12.9. The summed E-state index contributed by atoms with van der Waals surface area (Å²) in [4.78, 5) is 75.9. The average Bonchev–Trinajstić information content (AvgIpc) is 3.28. The van der Waals surface area contributed by atoms with Crippen molar-refractivity contribution >= 4 is 35.7 Å². The second-order valence-electron chi connectivity index (χ2n) is 16.1. The van der Waals surface area contributed by atoms with Crippen molar-refractivity contribution in [2.45, 2.75) is 133 Å². The second-order valence-corrected chi connectivity index (χ2v) is 16.1. The highest BCUT2D eigenvalue weighted by molar-refractivity contribution is 5.84. The lowest BCUT2D eigenvalue weighted by Gasteiger charge is -2.38. The van der Waals surface area contributed by atoms with E-state index in [1.54, 1.807) is 24.3 Å². The van der Waals surface area contributed by atoms with Gasteiger partial charge in [-0.2, -0.15) is 0 Å². The zero-order valence-corrected chi connectivity index (χ0v) is 37.3. The van der Waals surface area contributed by atoms with E-state index in [0.717, 1.165) is 5.56 Å². The van der Waals surface area contributed by atoms with E-state index in [2.05, 4.69) is 26.6 Å². The fraction of sp³-hybridized carbons (Fsp3) is 0.714. The minimum atomic E-state index is -1.53. The van der Waals surface area contributed by atoms with Crippen LogP contribution < -0.4 is 26.6 Å². The van der Waals surface area contributed by atoms with Crippen molar-refractivity contribution in [2.24, 2.45) is 0 Å². The molecule has 12 N–H and O–H groups in total. The Bertz CT molecular complexity index is 1590. The molecule has 0 saturated carbocycles. The highest BCUT2D eigenvalue weighted by Gasteiger charge is 2.43. The largest absolute Gasteiger partial charge is 0.480 e.